The van der Waals surface area contributed by atoms with Crippen LogP contribution in [0, 0.1) is 0 Å². The molecule has 3 aromatic carbocycles. The van der Waals surface area contributed by atoms with Gasteiger partial charge >= 0.3 is 18.2 Å². The lowest BCUT2D eigenvalue weighted by atomic mass is 10.00. The Morgan fingerprint density at radius 3 is 2.33 bits per heavy atom. The average Bonchev–Trinajstić information content (AvgIpc) is 3.65. The Hall–Kier alpha value is -5.62. The van der Waals surface area contributed by atoms with Crippen LogP contribution in [0.25, 0.3) is 10.8 Å². The van der Waals surface area contributed by atoms with Gasteiger partial charge < -0.3 is 24.2 Å². The van der Waals surface area contributed by atoms with Crippen molar-refractivity contribution in [1.82, 2.24) is 9.88 Å². The van der Waals surface area contributed by atoms with Crippen molar-refractivity contribution in [2.75, 3.05) is 30.6 Å². The Bertz CT molecular complexity index is 2180. The van der Waals surface area contributed by atoms with Crippen LogP contribution < -0.4 is 25.6 Å². The third-order valence-electron chi connectivity index (χ3n) is 8.89. The van der Waals surface area contributed by atoms with E-state index in [0.717, 1.165) is 10.8 Å². The van der Waals surface area contributed by atoms with E-state index >= 15 is 4.79 Å². The van der Waals surface area contributed by atoms with Gasteiger partial charge in [-0.05, 0) is 113 Å². The lowest BCUT2D eigenvalue weighted by Gasteiger charge is -2.35. The average molecular weight is 818 g/mol. The number of hydrogen-bond acceptors (Lipinski definition) is 11. The topological polar surface area (TPSA) is 191 Å². The molecular formula is C39H46F3N5O9S. The van der Waals surface area contributed by atoms with Crippen molar-refractivity contribution >= 4 is 50.0 Å². The van der Waals surface area contributed by atoms with E-state index in [1.54, 1.807) is 55.4 Å². The SMILES string of the molecule is CCOc1cc([C@@H](C(=O)N2CCC[C@@H]2c2cc(NC(=O)OC)ccc2S(=O)(=O)C(C)C)N(N)c2ccc3cnccc3c2)ccc1OC(C)C.O=C(O)C(F)(F)F. The number of methoxy groups -OCH3 is 1. The summed E-state index contributed by atoms with van der Waals surface area (Å²) in [6.45, 7) is 9.67. The van der Waals surface area contributed by atoms with Crippen molar-refractivity contribution in [3.8, 4) is 11.5 Å². The molecule has 0 radical (unpaired) electrons. The minimum atomic E-state index is -5.08. The van der Waals surface area contributed by atoms with Crippen LogP contribution in [-0.2, 0) is 24.2 Å². The maximum Gasteiger partial charge on any atom is 0.490 e. The molecule has 0 unspecified atom stereocenters. The molecule has 18 heteroatoms. The number of carboxylic acid groups (broad SMARTS) is 1. The number of alkyl halides is 3. The maximum absolute atomic E-state index is 15.0. The quantitative estimate of drug-likeness (QED) is 0.0964. The first-order valence-corrected chi connectivity index (χ1v) is 19.5. The van der Waals surface area contributed by atoms with Crippen molar-refractivity contribution in [2.24, 2.45) is 5.84 Å². The summed E-state index contributed by atoms with van der Waals surface area (Å²) in [5.41, 5.74) is 1.91. The zero-order chi connectivity index (χ0) is 42.2. The number of fused-ring (bicyclic) bond motifs is 1. The summed E-state index contributed by atoms with van der Waals surface area (Å²) in [5, 5.41) is 12.3. The highest BCUT2D eigenvalue weighted by Crippen LogP contribution is 2.42. The fraction of sp³-hybridized carbons (Fsp3) is 0.385. The van der Waals surface area contributed by atoms with Crippen LogP contribution in [0.1, 0.15) is 70.7 Å². The summed E-state index contributed by atoms with van der Waals surface area (Å²) in [6, 6.07) is 15.8. The number of nitrogens with zero attached hydrogens (tertiary/aromatic N) is 3. The number of anilines is 2. The molecule has 2 heterocycles. The number of pyridine rings is 1. The zero-order valence-corrected chi connectivity index (χ0v) is 33.1. The van der Waals surface area contributed by atoms with Crippen LogP contribution >= 0.6 is 0 Å². The van der Waals surface area contributed by atoms with Gasteiger partial charge in [-0.25, -0.2) is 23.8 Å². The van der Waals surface area contributed by atoms with Crippen molar-refractivity contribution < 1.29 is 55.3 Å². The van der Waals surface area contributed by atoms with Crippen molar-refractivity contribution in [3.63, 3.8) is 0 Å². The zero-order valence-electron chi connectivity index (χ0n) is 32.2. The molecule has 1 aliphatic heterocycles. The number of hydrogen-bond donors (Lipinski definition) is 3. The van der Waals surface area contributed by atoms with Crippen LogP contribution in [0.3, 0.4) is 0 Å². The molecule has 0 aliphatic carbocycles. The number of rotatable bonds is 12. The van der Waals surface area contributed by atoms with E-state index in [1.165, 1.54) is 24.3 Å². The number of amides is 2. The highest BCUT2D eigenvalue weighted by atomic mass is 32.2. The third kappa shape index (κ3) is 10.6. The number of nitrogens with one attached hydrogen (secondary N) is 1. The number of hydrazine groups is 1. The molecule has 0 spiro atoms. The lowest BCUT2D eigenvalue weighted by Crippen LogP contribution is -2.46. The van der Waals surface area contributed by atoms with Gasteiger partial charge in [-0.1, -0.05) is 12.1 Å². The molecule has 0 saturated carbocycles. The van der Waals surface area contributed by atoms with Gasteiger partial charge in [0.1, 0.15) is 6.04 Å². The number of sulfone groups is 1. The van der Waals surface area contributed by atoms with Crippen LogP contribution in [0.5, 0.6) is 11.5 Å². The van der Waals surface area contributed by atoms with E-state index in [1.807, 2.05) is 45.0 Å². The molecule has 57 heavy (non-hydrogen) atoms. The number of carbonyl (C=O) groups excluding carboxylic acids is 2. The third-order valence-corrected chi connectivity index (χ3v) is 11.1. The van der Waals surface area contributed by atoms with Crippen molar-refractivity contribution in [2.45, 2.75) is 82.0 Å². The molecule has 2 atom stereocenters. The molecule has 0 bridgehead atoms. The summed E-state index contributed by atoms with van der Waals surface area (Å²) < 4.78 is 75.8. The molecule has 1 saturated heterocycles. The van der Waals surface area contributed by atoms with Gasteiger partial charge in [0.25, 0.3) is 5.91 Å². The molecular weight excluding hydrogens is 772 g/mol. The van der Waals surface area contributed by atoms with Gasteiger partial charge in [0.2, 0.25) is 0 Å². The van der Waals surface area contributed by atoms with E-state index in [9.17, 15) is 26.4 Å². The number of likely N-dealkylation sites (tertiary alicyclic amines) is 1. The number of halogens is 3. The molecule has 4 aromatic rings. The molecule has 1 aromatic heterocycles. The number of carboxylic acids is 1. The highest BCUT2D eigenvalue weighted by Gasteiger charge is 2.40. The standard InChI is InChI=1S/C37H45N5O7S.C2HF3O2/c1-7-48-33-20-26(11-14-32(33)49-23(2)3)35(42(38)29-13-10-27-22-39-17-16-25(27)19-29)36(43)41-18-8-9-31(41)30-21-28(40-37(44)47-6)12-15-34(30)50(45,46)24(4)5;3-2(4,5)1(6)7/h10-17,19-24,31,35H,7-9,18,38H2,1-6H3,(H,40,44);(H,6,7)/t31-,35+;/m1./s1. The van der Waals surface area contributed by atoms with Crippen molar-refractivity contribution in [3.05, 3.63) is 84.2 Å². The van der Waals surface area contributed by atoms with Gasteiger partial charge in [-0.3, -0.25) is 20.1 Å². The Labute approximate surface area is 328 Å². The van der Waals surface area contributed by atoms with E-state index in [-0.39, 0.29) is 16.9 Å². The number of aromatic nitrogens is 1. The van der Waals surface area contributed by atoms with Crippen molar-refractivity contribution in [1.29, 1.82) is 0 Å². The van der Waals surface area contributed by atoms with E-state index in [0.29, 0.717) is 60.0 Å². The monoisotopic (exact) mass is 817 g/mol. The van der Waals surface area contributed by atoms with Crippen LogP contribution in [0.15, 0.2) is 78.0 Å². The Morgan fingerprint density at radius 1 is 1.02 bits per heavy atom. The molecule has 1 fully saturated rings. The minimum absolute atomic E-state index is 0.103. The second-order valence-electron chi connectivity index (χ2n) is 13.5. The second-order valence-corrected chi connectivity index (χ2v) is 16.0. The van der Waals surface area contributed by atoms with Crippen LogP contribution in [0.4, 0.5) is 29.3 Å². The number of aliphatic carboxylic acids is 1. The number of carbonyl (C=O) groups is 3. The first-order chi connectivity index (χ1) is 26.8. The molecule has 1 aliphatic rings. The normalized spacial score (nSPS) is 14.8. The number of nitrogens with two attached hydrogens (primary N) is 1. The molecule has 4 N–H and O–H groups in total. The number of ether oxygens (including phenoxy) is 3. The smallest absolute Gasteiger partial charge is 0.490 e. The van der Waals surface area contributed by atoms with Gasteiger partial charge in [-0.15, -0.1) is 0 Å². The Balaban J connectivity index is 0.000000940. The summed E-state index contributed by atoms with van der Waals surface area (Å²) in [5.74, 6) is 4.85. The van der Waals surface area contributed by atoms with Crippen LogP contribution in [0.2, 0.25) is 0 Å². The summed E-state index contributed by atoms with van der Waals surface area (Å²) in [7, 11) is -2.53. The molecule has 308 valence electrons. The van der Waals surface area contributed by atoms with Crippen LogP contribution in [-0.4, -0.2) is 79.2 Å². The minimum Gasteiger partial charge on any atom is -0.490 e. The number of benzene rings is 3. The maximum atomic E-state index is 15.0. The second kappa shape index (κ2) is 18.5. The highest BCUT2D eigenvalue weighted by molar-refractivity contribution is 7.92. The molecule has 14 nitrogen and oxygen atoms in total. The fourth-order valence-corrected chi connectivity index (χ4v) is 7.49. The first-order valence-electron chi connectivity index (χ1n) is 17.9. The predicted octanol–water partition coefficient (Wildman–Crippen LogP) is 7.20. The van der Waals surface area contributed by atoms with E-state index < -0.39 is 45.4 Å². The molecule has 5 rings (SSSR count). The summed E-state index contributed by atoms with van der Waals surface area (Å²) >= 11 is 0. The van der Waals surface area contributed by atoms with E-state index in [2.05, 4.69) is 10.3 Å². The summed E-state index contributed by atoms with van der Waals surface area (Å²) in [6.07, 6.45) is -1.32. The summed E-state index contributed by atoms with van der Waals surface area (Å²) in [4.78, 5) is 42.0. The Morgan fingerprint density at radius 2 is 1.72 bits per heavy atom. The van der Waals surface area contributed by atoms with E-state index in [4.69, 9.17) is 30.0 Å². The molecule has 2 amide bonds. The Kier molecular flexibility index (Phi) is 14.4. The van der Waals surface area contributed by atoms with Gasteiger partial charge in [0, 0.05) is 30.0 Å². The fourth-order valence-electron chi connectivity index (χ4n) is 6.20. The predicted molar refractivity (Wildman–Crippen MR) is 207 cm³/mol. The van der Waals surface area contributed by atoms with Gasteiger partial charge in [-0.2, -0.15) is 13.2 Å². The largest absolute Gasteiger partial charge is 0.490 e. The lowest BCUT2D eigenvalue weighted by molar-refractivity contribution is -0.192. The first kappa shape index (κ1) is 44.1. The van der Waals surface area contributed by atoms with Gasteiger partial charge in [0.05, 0.1) is 41.7 Å². The van der Waals surface area contributed by atoms with Gasteiger partial charge in [0.15, 0.2) is 21.3 Å².